The van der Waals surface area contributed by atoms with Crippen molar-refractivity contribution in [2.45, 2.75) is 6.92 Å². The number of rotatable bonds is 3. The number of hydrogen-bond acceptors (Lipinski definition) is 3. The zero-order chi connectivity index (χ0) is 15.7. The van der Waals surface area contributed by atoms with E-state index in [4.69, 9.17) is 24.6 Å². The fourth-order valence-electron chi connectivity index (χ4n) is 1.73. The van der Waals surface area contributed by atoms with Crippen molar-refractivity contribution in [3.8, 4) is 0 Å². The maximum atomic E-state index is 13.9. The van der Waals surface area contributed by atoms with Crippen LogP contribution in [0.3, 0.4) is 0 Å². The van der Waals surface area contributed by atoms with E-state index in [1.54, 1.807) is 13.0 Å². The molecule has 2 N–H and O–H groups in total. The van der Waals surface area contributed by atoms with Gasteiger partial charge in [0.25, 0.3) is 0 Å². The van der Waals surface area contributed by atoms with Crippen molar-refractivity contribution in [3.63, 3.8) is 0 Å². The van der Waals surface area contributed by atoms with Gasteiger partial charge in [0, 0.05) is 6.20 Å². The largest absolute Gasteiger partial charge is 0.478 e. The van der Waals surface area contributed by atoms with Crippen LogP contribution in [0.5, 0.6) is 0 Å². The van der Waals surface area contributed by atoms with Crippen LogP contribution in [0.15, 0.2) is 18.3 Å². The number of hydrogen-bond donors (Lipinski definition) is 2. The molecule has 2 radical (unpaired) electrons. The Labute approximate surface area is 125 Å². The van der Waals surface area contributed by atoms with Crippen LogP contribution in [-0.4, -0.2) is 23.9 Å². The zero-order valence-electron chi connectivity index (χ0n) is 10.7. The van der Waals surface area contributed by atoms with Gasteiger partial charge in [-0.15, -0.1) is 0 Å². The van der Waals surface area contributed by atoms with Crippen LogP contribution >= 0.6 is 11.6 Å². The molecule has 0 aliphatic heterocycles. The number of carboxylic acid groups (broad SMARTS) is 1. The van der Waals surface area contributed by atoms with Gasteiger partial charge in [0.15, 0.2) is 11.6 Å². The SMILES string of the molecule is [B]c1cnc(Nc2c(C(=O)O)cc(Cl)c(F)c2F)c(C)c1. The number of carbonyl (C=O) groups is 1. The number of pyridine rings is 1. The topological polar surface area (TPSA) is 62.2 Å². The van der Waals surface area contributed by atoms with Gasteiger partial charge in [-0.1, -0.05) is 23.1 Å². The Morgan fingerprint density at radius 3 is 2.62 bits per heavy atom. The minimum absolute atomic E-state index is 0.160. The van der Waals surface area contributed by atoms with Gasteiger partial charge in [0.2, 0.25) is 0 Å². The van der Waals surface area contributed by atoms with Crippen LogP contribution in [0.1, 0.15) is 15.9 Å². The number of carboxylic acids is 1. The molecule has 0 amide bonds. The fourth-order valence-corrected chi connectivity index (χ4v) is 1.92. The van der Waals surface area contributed by atoms with Crippen molar-refractivity contribution >= 4 is 42.4 Å². The van der Waals surface area contributed by atoms with Crippen molar-refractivity contribution in [2.75, 3.05) is 5.32 Å². The maximum absolute atomic E-state index is 13.9. The Morgan fingerprint density at radius 2 is 2.05 bits per heavy atom. The quantitative estimate of drug-likeness (QED) is 0.676. The van der Waals surface area contributed by atoms with E-state index in [2.05, 4.69) is 10.3 Å². The summed E-state index contributed by atoms with van der Waals surface area (Å²) < 4.78 is 27.5. The van der Waals surface area contributed by atoms with Gasteiger partial charge >= 0.3 is 5.97 Å². The van der Waals surface area contributed by atoms with E-state index in [-0.39, 0.29) is 5.82 Å². The molecule has 4 nitrogen and oxygen atoms in total. The average molecular weight is 308 g/mol. The van der Waals surface area contributed by atoms with Gasteiger partial charge < -0.3 is 10.4 Å². The van der Waals surface area contributed by atoms with Crippen LogP contribution < -0.4 is 10.8 Å². The van der Waals surface area contributed by atoms with E-state index in [0.717, 1.165) is 6.07 Å². The summed E-state index contributed by atoms with van der Waals surface area (Å²) in [6.07, 6.45) is 1.31. The lowest BCUT2D eigenvalue weighted by molar-refractivity contribution is 0.0697. The van der Waals surface area contributed by atoms with E-state index >= 15 is 0 Å². The van der Waals surface area contributed by atoms with Crippen LogP contribution in [0.4, 0.5) is 20.3 Å². The van der Waals surface area contributed by atoms with E-state index in [9.17, 15) is 13.6 Å². The molecule has 0 aliphatic carbocycles. The minimum atomic E-state index is -1.45. The standard InChI is InChI=1S/C13H8BClF2N2O2/c1-5-2-6(14)4-18-12(5)19-11-7(13(20)21)3-8(15)9(16)10(11)17/h2-4H,1H3,(H,18,19)(H,20,21). The molecule has 1 heterocycles. The van der Waals surface area contributed by atoms with Gasteiger partial charge in [-0.05, 0) is 18.6 Å². The molecule has 0 fully saturated rings. The lowest BCUT2D eigenvalue weighted by Crippen LogP contribution is -2.11. The summed E-state index contributed by atoms with van der Waals surface area (Å²) in [4.78, 5) is 15.1. The Balaban J connectivity index is 2.57. The second-order valence-corrected chi connectivity index (χ2v) is 4.68. The molecule has 2 aromatic rings. The van der Waals surface area contributed by atoms with Crippen molar-refractivity contribution in [1.82, 2.24) is 4.98 Å². The molecule has 106 valence electrons. The van der Waals surface area contributed by atoms with Crippen LogP contribution in [0, 0.1) is 18.6 Å². The average Bonchev–Trinajstić information content (AvgIpc) is 2.41. The number of benzene rings is 1. The highest BCUT2D eigenvalue weighted by Gasteiger charge is 2.22. The molecule has 21 heavy (non-hydrogen) atoms. The summed E-state index contributed by atoms with van der Waals surface area (Å²) >= 11 is 5.45. The molecular formula is C13H8BClF2N2O2. The molecule has 0 spiro atoms. The molecule has 0 unspecified atom stereocenters. The zero-order valence-corrected chi connectivity index (χ0v) is 11.5. The van der Waals surface area contributed by atoms with E-state index in [0.29, 0.717) is 11.0 Å². The first-order valence-corrected chi connectivity index (χ1v) is 6.09. The Morgan fingerprint density at radius 1 is 1.38 bits per heavy atom. The number of anilines is 2. The molecular weight excluding hydrogens is 300 g/mol. The Kier molecular flexibility index (Phi) is 4.13. The molecule has 1 aromatic carbocycles. The van der Waals surface area contributed by atoms with E-state index in [1.807, 2.05) is 0 Å². The van der Waals surface area contributed by atoms with E-state index in [1.165, 1.54) is 6.20 Å². The third-order valence-electron chi connectivity index (χ3n) is 2.74. The molecule has 2 rings (SSSR count). The second-order valence-electron chi connectivity index (χ2n) is 4.27. The monoisotopic (exact) mass is 308 g/mol. The van der Waals surface area contributed by atoms with Crippen LogP contribution in [0.25, 0.3) is 0 Å². The molecule has 8 heteroatoms. The van der Waals surface area contributed by atoms with Gasteiger partial charge in [-0.25, -0.2) is 18.6 Å². The molecule has 0 saturated carbocycles. The first-order chi connectivity index (χ1) is 9.81. The van der Waals surface area contributed by atoms with Gasteiger partial charge in [-0.3, -0.25) is 0 Å². The number of nitrogens with zero attached hydrogens (tertiary/aromatic N) is 1. The lowest BCUT2D eigenvalue weighted by Gasteiger charge is -2.13. The summed E-state index contributed by atoms with van der Waals surface area (Å²) in [7, 11) is 5.54. The normalized spacial score (nSPS) is 10.5. The lowest BCUT2D eigenvalue weighted by atomic mass is 9.97. The molecule has 0 atom stereocenters. The second kappa shape index (κ2) is 5.69. The summed E-state index contributed by atoms with van der Waals surface area (Å²) in [5.74, 6) is -4.02. The highest BCUT2D eigenvalue weighted by atomic mass is 35.5. The third kappa shape index (κ3) is 2.97. The number of nitrogens with one attached hydrogen (secondary N) is 1. The number of aromatic nitrogens is 1. The smallest absolute Gasteiger partial charge is 0.337 e. The molecule has 0 saturated heterocycles. The van der Waals surface area contributed by atoms with Gasteiger partial charge in [-0.2, -0.15) is 0 Å². The summed E-state index contributed by atoms with van der Waals surface area (Å²) in [6.45, 7) is 1.64. The van der Waals surface area contributed by atoms with Crippen molar-refractivity contribution < 1.29 is 18.7 Å². The Bertz CT molecular complexity index is 741. The van der Waals surface area contributed by atoms with Crippen molar-refractivity contribution in [1.29, 1.82) is 0 Å². The highest BCUT2D eigenvalue weighted by molar-refractivity contribution is 6.32. The van der Waals surface area contributed by atoms with Crippen molar-refractivity contribution in [3.05, 3.63) is 46.1 Å². The van der Waals surface area contributed by atoms with Crippen LogP contribution in [-0.2, 0) is 0 Å². The third-order valence-corrected chi connectivity index (χ3v) is 3.01. The first kappa shape index (κ1) is 15.2. The number of aryl methyl sites for hydroxylation is 1. The molecule has 0 bridgehead atoms. The number of halogens is 3. The first-order valence-electron chi connectivity index (χ1n) is 5.71. The summed E-state index contributed by atoms with van der Waals surface area (Å²) in [5.41, 5.74) is -0.123. The van der Waals surface area contributed by atoms with E-state index < -0.39 is 33.9 Å². The predicted molar refractivity (Wildman–Crippen MR) is 76.0 cm³/mol. The van der Waals surface area contributed by atoms with Gasteiger partial charge in [0.05, 0.1) is 16.3 Å². The predicted octanol–water partition coefficient (Wildman–Crippen LogP) is 2.56. The highest BCUT2D eigenvalue weighted by Crippen LogP contribution is 2.31. The van der Waals surface area contributed by atoms with Gasteiger partial charge in [0.1, 0.15) is 13.7 Å². The molecule has 0 aliphatic rings. The van der Waals surface area contributed by atoms with Crippen molar-refractivity contribution in [2.24, 2.45) is 0 Å². The summed E-state index contributed by atoms with van der Waals surface area (Å²) in [6, 6.07) is 2.39. The maximum Gasteiger partial charge on any atom is 0.337 e. The molecule has 1 aromatic heterocycles. The fraction of sp³-hybridized carbons (Fsp3) is 0.0769. The Hall–Kier alpha value is -2.15. The number of aromatic carboxylic acids is 1. The van der Waals surface area contributed by atoms with Crippen LogP contribution in [0.2, 0.25) is 5.02 Å². The minimum Gasteiger partial charge on any atom is -0.478 e. The summed E-state index contributed by atoms with van der Waals surface area (Å²) in [5, 5.41) is 10.9.